The molecule has 6 nitrogen and oxygen atoms in total. The van der Waals surface area contributed by atoms with Crippen LogP contribution in [0.5, 0.6) is 5.75 Å². The van der Waals surface area contributed by atoms with E-state index in [0.717, 1.165) is 30.2 Å². The van der Waals surface area contributed by atoms with Gasteiger partial charge in [-0.15, -0.1) is 24.0 Å². The van der Waals surface area contributed by atoms with Crippen molar-refractivity contribution >= 4 is 35.8 Å². The molecule has 0 spiro atoms. The molecular weight excluding hydrogens is 503 g/mol. The van der Waals surface area contributed by atoms with Gasteiger partial charge in [-0.2, -0.15) is 0 Å². The molecule has 1 amide bonds. The minimum Gasteiger partial charge on any atom is -0.497 e. The van der Waals surface area contributed by atoms with Crippen LogP contribution in [0.4, 0.5) is 0 Å². The Bertz CT molecular complexity index is 797. The second kappa shape index (κ2) is 14.7. The molecule has 1 unspecified atom stereocenters. The summed E-state index contributed by atoms with van der Waals surface area (Å²) in [7, 11) is 5.25. The van der Waals surface area contributed by atoms with Gasteiger partial charge in [0.25, 0.3) is 0 Å². The molecule has 31 heavy (non-hydrogen) atoms. The van der Waals surface area contributed by atoms with Gasteiger partial charge < -0.3 is 20.3 Å². The van der Waals surface area contributed by atoms with E-state index < -0.39 is 0 Å². The highest BCUT2D eigenvalue weighted by Crippen LogP contribution is 2.21. The quantitative estimate of drug-likeness (QED) is 0.273. The van der Waals surface area contributed by atoms with Crippen molar-refractivity contribution in [3.05, 3.63) is 65.7 Å². The first-order valence-electron chi connectivity index (χ1n) is 10.4. The van der Waals surface area contributed by atoms with E-state index in [1.807, 2.05) is 49.5 Å². The molecule has 0 aliphatic carbocycles. The zero-order valence-electron chi connectivity index (χ0n) is 18.9. The van der Waals surface area contributed by atoms with Crippen molar-refractivity contribution in [1.82, 2.24) is 15.5 Å². The summed E-state index contributed by atoms with van der Waals surface area (Å²) in [6.07, 6.45) is 1.40. The van der Waals surface area contributed by atoms with Crippen LogP contribution in [0.1, 0.15) is 36.8 Å². The molecule has 2 N–H and O–H groups in total. The SMILES string of the molecule is CN=C(NCCC(=O)N(C)Cc1ccccc1)NCCC(C)c1ccc(OC)cc1.I. The fourth-order valence-electron chi connectivity index (χ4n) is 3.15. The maximum atomic E-state index is 12.3. The lowest BCUT2D eigenvalue weighted by atomic mass is 9.98. The van der Waals surface area contributed by atoms with E-state index in [-0.39, 0.29) is 29.9 Å². The fraction of sp³-hybridized carbons (Fsp3) is 0.417. The van der Waals surface area contributed by atoms with E-state index in [1.165, 1.54) is 5.56 Å². The zero-order chi connectivity index (χ0) is 21.8. The van der Waals surface area contributed by atoms with E-state index >= 15 is 0 Å². The molecule has 2 rings (SSSR count). The van der Waals surface area contributed by atoms with Crippen LogP contribution in [0.15, 0.2) is 59.6 Å². The number of hydrogen-bond donors (Lipinski definition) is 2. The summed E-state index contributed by atoms with van der Waals surface area (Å²) in [6.45, 7) is 4.18. The second-order valence-corrected chi connectivity index (χ2v) is 7.37. The summed E-state index contributed by atoms with van der Waals surface area (Å²) in [5.74, 6) is 2.12. The van der Waals surface area contributed by atoms with Crippen molar-refractivity contribution in [2.45, 2.75) is 32.2 Å². The highest BCUT2D eigenvalue weighted by molar-refractivity contribution is 14.0. The number of amides is 1. The molecule has 0 bridgehead atoms. The van der Waals surface area contributed by atoms with Crippen LogP contribution in [0.3, 0.4) is 0 Å². The number of ether oxygens (including phenoxy) is 1. The Labute approximate surface area is 203 Å². The third kappa shape index (κ3) is 9.59. The topological polar surface area (TPSA) is 66.0 Å². The summed E-state index contributed by atoms with van der Waals surface area (Å²) in [5.41, 5.74) is 2.41. The Balaban J connectivity index is 0.00000480. The molecule has 7 heteroatoms. The van der Waals surface area contributed by atoms with Crippen LogP contribution in [-0.2, 0) is 11.3 Å². The largest absolute Gasteiger partial charge is 0.497 e. The summed E-state index contributed by atoms with van der Waals surface area (Å²) >= 11 is 0. The van der Waals surface area contributed by atoms with E-state index in [9.17, 15) is 4.79 Å². The van der Waals surface area contributed by atoms with E-state index in [4.69, 9.17) is 4.74 Å². The highest BCUT2D eigenvalue weighted by Gasteiger charge is 2.10. The molecule has 170 valence electrons. The number of rotatable bonds is 10. The lowest BCUT2D eigenvalue weighted by Gasteiger charge is -2.18. The number of nitrogens with zero attached hydrogens (tertiary/aromatic N) is 2. The van der Waals surface area contributed by atoms with E-state index in [2.05, 4.69) is 34.7 Å². The van der Waals surface area contributed by atoms with Crippen LogP contribution in [0.2, 0.25) is 0 Å². The normalized spacial score (nSPS) is 11.8. The number of nitrogens with one attached hydrogen (secondary N) is 2. The Morgan fingerprint density at radius 3 is 2.32 bits per heavy atom. The number of guanidine groups is 1. The number of carbonyl (C=O) groups is 1. The molecule has 0 saturated heterocycles. The van der Waals surface area contributed by atoms with Crippen LogP contribution < -0.4 is 15.4 Å². The maximum Gasteiger partial charge on any atom is 0.224 e. The number of carbonyl (C=O) groups excluding carboxylic acids is 1. The minimum absolute atomic E-state index is 0. The molecule has 2 aromatic carbocycles. The maximum absolute atomic E-state index is 12.3. The highest BCUT2D eigenvalue weighted by atomic mass is 127. The van der Waals surface area contributed by atoms with E-state index in [1.54, 1.807) is 19.1 Å². The first-order chi connectivity index (χ1) is 14.5. The number of aliphatic imine (C=N–C) groups is 1. The average molecular weight is 538 g/mol. The Kier molecular flexibility index (Phi) is 12.7. The molecule has 0 fully saturated rings. The third-order valence-corrected chi connectivity index (χ3v) is 5.10. The van der Waals surface area contributed by atoms with Crippen molar-refractivity contribution < 1.29 is 9.53 Å². The Morgan fingerprint density at radius 2 is 1.71 bits per heavy atom. The molecule has 2 aromatic rings. The number of methoxy groups -OCH3 is 1. The Hall–Kier alpha value is -2.29. The smallest absolute Gasteiger partial charge is 0.224 e. The lowest BCUT2D eigenvalue weighted by Crippen LogP contribution is -2.40. The molecule has 0 radical (unpaired) electrons. The van der Waals surface area contributed by atoms with Crippen LogP contribution in [0, 0.1) is 0 Å². The molecule has 0 saturated carbocycles. The van der Waals surface area contributed by atoms with Crippen molar-refractivity contribution in [2.24, 2.45) is 4.99 Å². The molecule has 0 aromatic heterocycles. The predicted octanol–water partition coefficient (Wildman–Crippen LogP) is 4.02. The van der Waals surface area contributed by atoms with E-state index in [0.29, 0.717) is 25.4 Å². The average Bonchev–Trinajstić information content (AvgIpc) is 2.78. The minimum atomic E-state index is 0. The van der Waals surface area contributed by atoms with Gasteiger partial charge in [-0.25, -0.2) is 0 Å². The first-order valence-corrected chi connectivity index (χ1v) is 10.4. The van der Waals surface area contributed by atoms with Gasteiger partial charge in [0.15, 0.2) is 5.96 Å². The molecule has 1 atom stereocenters. The van der Waals surface area contributed by atoms with Gasteiger partial charge in [0, 0.05) is 40.2 Å². The van der Waals surface area contributed by atoms with Gasteiger partial charge in [0.1, 0.15) is 5.75 Å². The summed E-state index contributed by atoms with van der Waals surface area (Å²) < 4.78 is 5.21. The molecular formula is C24H35IN4O2. The Morgan fingerprint density at radius 1 is 1.06 bits per heavy atom. The monoisotopic (exact) mass is 538 g/mol. The first kappa shape index (κ1) is 26.7. The summed E-state index contributed by atoms with van der Waals surface area (Å²) in [4.78, 5) is 18.3. The fourth-order valence-corrected chi connectivity index (χ4v) is 3.15. The standard InChI is InChI=1S/C24H34N4O2.HI/c1-19(21-10-12-22(30-4)13-11-21)14-16-26-24(25-2)27-17-15-23(29)28(3)18-20-8-6-5-7-9-20;/h5-13,19H,14-18H2,1-4H3,(H2,25,26,27);1H. The van der Waals surface area contributed by atoms with Gasteiger partial charge in [0.05, 0.1) is 7.11 Å². The van der Waals surface area contributed by atoms with Crippen molar-refractivity contribution in [3.63, 3.8) is 0 Å². The summed E-state index contributed by atoms with van der Waals surface area (Å²) in [6, 6.07) is 18.2. The van der Waals surface area contributed by atoms with Crippen LogP contribution in [-0.4, -0.2) is 51.1 Å². The van der Waals surface area contributed by atoms with Gasteiger partial charge in [-0.3, -0.25) is 9.79 Å². The molecule has 0 aliphatic heterocycles. The predicted molar refractivity (Wildman–Crippen MR) is 138 cm³/mol. The second-order valence-electron chi connectivity index (χ2n) is 7.37. The lowest BCUT2D eigenvalue weighted by molar-refractivity contribution is -0.130. The van der Waals surface area contributed by atoms with Crippen molar-refractivity contribution in [3.8, 4) is 5.75 Å². The number of benzene rings is 2. The van der Waals surface area contributed by atoms with Gasteiger partial charge >= 0.3 is 0 Å². The summed E-state index contributed by atoms with van der Waals surface area (Å²) in [5, 5.41) is 6.55. The third-order valence-electron chi connectivity index (χ3n) is 5.10. The number of halogens is 1. The van der Waals surface area contributed by atoms with Crippen molar-refractivity contribution in [2.75, 3.05) is 34.3 Å². The van der Waals surface area contributed by atoms with Gasteiger partial charge in [-0.05, 0) is 35.6 Å². The van der Waals surface area contributed by atoms with Crippen molar-refractivity contribution in [1.29, 1.82) is 0 Å². The van der Waals surface area contributed by atoms with Gasteiger partial charge in [-0.1, -0.05) is 49.4 Å². The zero-order valence-corrected chi connectivity index (χ0v) is 21.3. The molecule has 0 heterocycles. The van der Waals surface area contributed by atoms with Gasteiger partial charge in [0.2, 0.25) is 5.91 Å². The van der Waals surface area contributed by atoms with Crippen LogP contribution in [0.25, 0.3) is 0 Å². The van der Waals surface area contributed by atoms with Crippen LogP contribution >= 0.6 is 24.0 Å². The molecule has 0 aliphatic rings. The number of hydrogen-bond acceptors (Lipinski definition) is 3.